The quantitative estimate of drug-likeness (QED) is 0.495. The van der Waals surface area contributed by atoms with Gasteiger partial charge in [0.25, 0.3) is 0 Å². The Kier molecular flexibility index (Phi) is 6.09. The van der Waals surface area contributed by atoms with Crippen LogP contribution >= 0.6 is 11.3 Å². The molecular formula is C17H22O2S. The molecule has 0 aliphatic rings. The molecule has 3 heteroatoms. The molecule has 0 aliphatic heterocycles. The first-order valence-corrected chi connectivity index (χ1v) is 8.15. The molecule has 0 aliphatic carbocycles. The van der Waals surface area contributed by atoms with Gasteiger partial charge in [0.15, 0.2) is 6.79 Å². The van der Waals surface area contributed by atoms with Gasteiger partial charge in [-0.3, -0.25) is 0 Å². The third kappa shape index (κ3) is 4.09. The van der Waals surface area contributed by atoms with Gasteiger partial charge in [-0.1, -0.05) is 37.6 Å². The third-order valence-electron chi connectivity index (χ3n) is 3.19. The highest BCUT2D eigenvalue weighted by Crippen LogP contribution is 2.34. The van der Waals surface area contributed by atoms with E-state index in [1.807, 2.05) is 12.3 Å². The van der Waals surface area contributed by atoms with Crippen molar-refractivity contribution in [2.75, 3.05) is 13.4 Å². The Bertz CT molecular complexity index is 519. The molecule has 1 aromatic carbocycles. The summed E-state index contributed by atoms with van der Waals surface area (Å²) in [5.74, 6) is 0.913. The predicted molar refractivity (Wildman–Crippen MR) is 85.5 cm³/mol. The van der Waals surface area contributed by atoms with Crippen LogP contribution in [-0.2, 0) is 11.2 Å². The zero-order chi connectivity index (χ0) is 14.2. The maximum absolute atomic E-state index is 5.68. The average Bonchev–Trinajstić information content (AvgIpc) is 2.94. The highest BCUT2D eigenvalue weighted by atomic mass is 32.1. The highest BCUT2D eigenvalue weighted by Gasteiger charge is 2.08. The molecule has 0 saturated heterocycles. The predicted octanol–water partition coefficient (Wildman–Crippen LogP) is 5.13. The molecule has 0 saturated carbocycles. The smallest absolute Gasteiger partial charge is 0.189 e. The molecule has 1 aromatic heterocycles. The molecule has 0 spiro atoms. The molecule has 1 heterocycles. The number of unbranched alkanes of at least 4 members (excludes halogenated alkanes) is 1. The van der Waals surface area contributed by atoms with Gasteiger partial charge >= 0.3 is 0 Å². The first kappa shape index (κ1) is 15.1. The van der Waals surface area contributed by atoms with Crippen LogP contribution in [0.3, 0.4) is 0 Å². The Morgan fingerprint density at radius 3 is 2.85 bits per heavy atom. The topological polar surface area (TPSA) is 18.5 Å². The second kappa shape index (κ2) is 8.08. The fraction of sp³-hybridized carbons (Fsp3) is 0.412. The Labute approximate surface area is 125 Å². The van der Waals surface area contributed by atoms with E-state index in [0.29, 0.717) is 13.4 Å². The number of hydrogen-bond donors (Lipinski definition) is 0. The van der Waals surface area contributed by atoms with E-state index in [-0.39, 0.29) is 0 Å². The van der Waals surface area contributed by atoms with Crippen molar-refractivity contribution in [2.24, 2.45) is 0 Å². The minimum atomic E-state index is 0.315. The van der Waals surface area contributed by atoms with Crippen molar-refractivity contribution in [1.82, 2.24) is 0 Å². The van der Waals surface area contributed by atoms with Gasteiger partial charge in [-0.05, 0) is 30.9 Å². The zero-order valence-electron chi connectivity index (χ0n) is 12.2. The van der Waals surface area contributed by atoms with Crippen molar-refractivity contribution >= 4 is 11.3 Å². The van der Waals surface area contributed by atoms with Crippen LogP contribution in [0.15, 0.2) is 35.0 Å². The normalized spacial score (nSPS) is 10.7. The SMILES string of the molecule is CCCCc1cccc(-c2cscc2OCOCC)c1. The van der Waals surface area contributed by atoms with E-state index < -0.39 is 0 Å². The van der Waals surface area contributed by atoms with Crippen LogP contribution in [-0.4, -0.2) is 13.4 Å². The van der Waals surface area contributed by atoms with Gasteiger partial charge in [-0.25, -0.2) is 0 Å². The van der Waals surface area contributed by atoms with E-state index >= 15 is 0 Å². The van der Waals surface area contributed by atoms with Crippen LogP contribution < -0.4 is 4.74 Å². The number of aryl methyl sites for hydroxylation is 1. The Hall–Kier alpha value is -1.32. The van der Waals surface area contributed by atoms with Crippen LogP contribution in [0.2, 0.25) is 0 Å². The standard InChI is InChI=1S/C17H22O2S/c1-3-5-7-14-8-6-9-15(10-14)16-11-20-12-17(16)19-13-18-4-2/h6,8-12H,3-5,7,13H2,1-2H3. The van der Waals surface area contributed by atoms with Crippen LogP contribution in [0.25, 0.3) is 11.1 Å². The lowest BCUT2D eigenvalue weighted by atomic mass is 10.0. The van der Waals surface area contributed by atoms with Gasteiger partial charge in [0.1, 0.15) is 5.75 Å². The third-order valence-corrected chi connectivity index (χ3v) is 3.91. The minimum Gasteiger partial charge on any atom is -0.466 e. The monoisotopic (exact) mass is 290 g/mol. The first-order valence-electron chi connectivity index (χ1n) is 7.21. The number of rotatable bonds is 8. The molecule has 20 heavy (non-hydrogen) atoms. The van der Waals surface area contributed by atoms with E-state index in [4.69, 9.17) is 9.47 Å². The summed E-state index contributed by atoms with van der Waals surface area (Å²) < 4.78 is 10.9. The number of benzene rings is 1. The molecule has 0 N–H and O–H groups in total. The van der Waals surface area contributed by atoms with Gasteiger partial charge in [-0.15, -0.1) is 11.3 Å². The number of ether oxygens (including phenoxy) is 2. The van der Waals surface area contributed by atoms with Crippen LogP contribution in [0.4, 0.5) is 0 Å². The molecule has 0 unspecified atom stereocenters. The minimum absolute atomic E-state index is 0.315. The summed E-state index contributed by atoms with van der Waals surface area (Å²) in [7, 11) is 0. The van der Waals surface area contributed by atoms with Gasteiger partial charge in [0.2, 0.25) is 0 Å². The van der Waals surface area contributed by atoms with Crippen molar-refractivity contribution < 1.29 is 9.47 Å². The molecule has 108 valence electrons. The van der Waals surface area contributed by atoms with Crippen LogP contribution in [0.1, 0.15) is 32.3 Å². The summed E-state index contributed by atoms with van der Waals surface area (Å²) in [5, 5.41) is 4.17. The molecule has 0 radical (unpaired) electrons. The first-order chi connectivity index (χ1) is 9.85. The van der Waals surface area contributed by atoms with Crippen molar-refractivity contribution in [3.05, 3.63) is 40.6 Å². The lowest BCUT2D eigenvalue weighted by Gasteiger charge is -2.08. The van der Waals surface area contributed by atoms with Gasteiger partial charge in [0, 0.05) is 22.9 Å². The van der Waals surface area contributed by atoms with Crippen LogP contribution in [0.5, 0.6) is 5.75 Å². The van der Waals surface area contributed by atoms with E-state index in [9.17, 15) is 0 Å². The second-order valence-electron chi connectivity index (χ2n) is 4.71. The molecular weight excluding hydrogens is 268 g/mol. The molecule has 2 rings (SSSR count). The fourth-order valence-electron chi connectivity index (χ4n) is 2.07. The second-order valence-corrected chi connectivity index (χ2v) is 5.45. The lowest BCUT2D eigenvalue weighted by Crippen LogP contribution is -2.01. The van der Waals surface area contributed by atoms with Crippen molar-refractivity contribution in [1.29, 1.82) is 0 Å². The molecule has 2 nitrogen and oxygen atoms in total. The Balaban J connectivity index is 2.12. The summed E-state index contributed by atoms with van der Waals surface area (Å²) in [5.41, 5.74) is 3.78. The molecule has 0 amide bonds. The van der Waals surface area contributed by atoms with Crippen molar-refractivity contribution in [3.8, 4) is 16.9 Å². The lowest BCUT2D eigenvalue weighted by molar-refractivity contribution is 0.0230. The van der Waals surface area contributed by atoms with Crippen molar-refractivity contribution in [3.63, 3.8) is 0 Å². The van der Waals surface area contributed by atoms with E-state index in [0.717, 1.165) is 17.7 Å². The summed E-state index contributed by atoms with van der Waals surface area (Å²) >= 11 is 1.66. The fourth-order valence-corrected chi connectivity index (χ4v) is 2.85. The molecule has 0 bridgehead atoms. The van der Waals surface area contributed by atoms with Gasteiger partial charge < -0.3 is 9.47 Å². The summed E-state index contributed by atoms with van der Waals surface area (Å²) in [6.07, 6.45) is 3.61. The van der Waals surface area contributed by atoms with E-state index in [1.165, 1.54) is 24.0 Å². The Morgan fingerprint density at radius 2 is 2.05 bits per heavy atom. The number of thiophene rings is 1. The van der Waals surface area contributed by atoms with Gasteiger partial charge in [0.05, 0.1) is 0 Å². The molecule has 0 atom stereocenters. The van der Waals surface area contributed by atoms with Crippen molar-refractivity contribution in [2.45, 2.75) is 33.1 Å². The average molecular weight is 290 g/mol. The summed E-state index contributed by atoms with van der Waals surface area (Å²) in [4.78, 5) is 0. The highest BCUT2D eigenvalue weighted by molar-refractivity contribution is 7.08. The van der Waals surface area contributed by atoms with E-state index in [2.05, 4.69) is 36.6 Å². The maximum atomic E-state index is 5.68. The molecule has 2 aromatic rings. The Morgan fingerprint density at radius 1 is 1.15 bits per heavy atom. The van der Waals surface area contributed by atoms with Gasteiger partial charge in [-0.2, -0.15) is 0 Å². The van der Waals surface area contributed by atoms with E-state index in [1.54, 1.807) is 11.3 Å². The zero-order valence-corrected chi connectivity index (χ0v) is 13.0. The maximum Gasteiger partial charge on any atom is 0.189 e. The largest absolute Gasteiger partial charge is 0.466 e. The van der Waals surface area contributed by atoms with Crippen LogP contribution in [0, 0.1) is 0 Å². The molecule has 0 fully saturated rings. The summed E-state index contributed by atoms with van der Waals surface area (Å²) in [6.45, 7) is 5.18. The summed E-state index contributed by atoms with van der Waals surface area (Å²) in [6, 6.07) is 8.74. The number of hydrogen-bond acceptors (Lipinski definition) is 3.